The molecule has 1 aromatic rings. The van der Waals surface area contributed by atoms with Crippen LogP contribution >= 0.6 is 0 Å². The van der Waals surface area contributed by atoms with Crippen molar-refractivity contribution in [3.05, 3.63) is 23.4 Å². The first-order chi connectivity index (χ1) is 7.02. The van der Waals surface area contributed by atoms with Crippen LogP contribution in [-0.4, -0.2) is 29.0 Å². The number of hydrogen-bond acceptors (Lipinski definition) is 4. The second-order valence-electron chi connectivity index (χ2n) is 3.03. The zero-order valence-corrected chi connectivity index (χ0v) is 8.48. The fourth-order valence-electron chi connectivity index (χ4n) is 1.12. The minimum Gasteiger partial charge on any atom is -0.481 e. The molecule has 15 heavy (non-hydrogen) atoms. The van der Waals surface area contributed by atoms with Gasteiger partial charge in [0.05, 0.1) is 13.5 Å². The van der Waals surface area contributed by atoms with E-state index in [1.165, 1.54) is 26.2 Å². The number of carbonyl (C=O) groups excluding carboxylic acids is 1. The predicted octanol–water partition coefficient (Wildman–Crippen LogP) is 0.920. The smallest absolute Gasteiger partial charge is 0.307 e. The molecule has 0 aromatic carbocycles. The van der Waals surface area contributed by atoms with Crippen LogP contribution in [0.15, 0.2) is 12.1 Å². The van der Waals surface area contributed by atoms with Crippen LogP contribution in [0, 0.1) is 0 Å². The number of nitrogens with zero attached hydrogens (tertiary/aromatic N) is 1. The third kappa shape index (κ3) is 3.05. The summed E-state index contributed by atoms with van der Waals surface area (Å²) in [6.07, 6.45) is -0.154. The van der Waals surface area contributed by atoms with Crippen molar-refractivity contribution in [2.75, 3.05) is 7.11 Å². The third-order valence-corrected chi connectivity index (χ3v) is 1.79. The number of carbonyl (C=O) groups is 2. The Bertz CT molecular complexity index is 400. The van der Waals surface area contributed by atoms with Crippen molar-refractivity contribution in [1.82, 2.24) is 4.98 Å². The highest BCUT2D eigenvalue weighted by molar-refractivity contribution is 5.92. The number of rotatable bonds is 4. The summed E-state index contributed by atoms with van der Waals surface area (Å²) in [5.74, 6) is -0.933. The summed E-state index contributed by atoms with van der Waals surface area (Å²) < 4.78 is 4.87. The monoisotopic (exact) mass is 209 g/mol. The number of ketones is 1. The number of methoxy groups -OCH3 is 1. The number of aromatic nitrogens is 1. The maximum Gasteiger partial charge on any atom is 0.307 e. The van der Waals surface area contributed by atoms with E-state index >= 15 is 0 Å². The molecule has 0 radical (unpaired) electrons. The Kier molecular flexibility index (Phi) is 3.38. The van der Waals surface area contributed by atoms with Gasteiger partial charge in [-0.1, -0.05) is 0 Å². The van der Waals surface area contributed by atoms with Gasteiger partial charge in [-0.3, -0.25) is 9.59 Å². The van der Waals surface area contributed by atoms with Gasteiger partial charge < -0.3 is 9.84 Å². The zero-order valence-electron chi connectivity index (χ0n) is 8.48. The Hall–Kier alpha value is -1.91. The molecule has 0 aliphatic heterocycles. The van der Waals surface area contributed by atoms with Crippen molar-refractivity contribution >= 4 is 11.8 Å². The van der Waals surface area contributed by atoms with Gasteiger partial charge in [-0.25, -0.2) is 4.98 Å². The number of aliphatic carboxylic acids is 1. The van der Waals surface area contributed by atoms with E-state index in [9.17, 15) is 9.59 Å². The van der Waals surface area contributed by atoms with Gasteiger partial charge in [0.2, 0.25) is 5.88 Å². The molecule has 0 aliphatic carbocycles. The molecule has 0 fully saturated rings. The van der Waals surface area contributed by atoms with Crippen LogP contribution in [0.1, 0.15) is 23.0 Å². The van der Waals surface area contributed by atoms with Gasteiger partial charge in [0.1, 0.15) is 5.69 Å². The highest BCUT2D eigenvalue weighted by Gasteiger charge is 2.09. The quantitative estimate of drug-likeness (QED) is 0.746. The molecular weight excluding hydrogens is 198 g/mol. The zero-order chi connectivity index (χ0) is 11.4. The summed E-state index contributed by atoms with van der Waals surface area (Å²) in [4.78, 5) is 25.5. The lowest BCUT2D eigenvalue weighted by atomic mass is 10.1. The predicted molar refractivity (Wildman–Crippen MR) is 52.1 cm³/mol. The van der Waals surface area contributed by atoms with Gasteiger partial charge in [0, 0.05) is 13.0 Å². The molecule has 0 spiro atoms. The van der Waals surface area contributed by atoms with Gasteiger partial charge in [-0.05, 0) is 11.6 Å². The molecule has 80 valence electrons. The molecule has 0 saturated carbocycles. The van der Waals surface area contributed by atoms with Crippen LogP contribution < -0.4 is 4.74 Å². The van der Waals surface area contributed by atoms with Crippen LogP contribution in [0.4, 0.5) is 0 Å². The normalized spacial score (nSPS) is 9.73. The molecule has 1 heterocycles. The van der Waals surface area contributed by atoms with Gasteiger partial charge in [0.25, 0.3) is 0 Å². The number of ether oxygens (including phenoxy) is 1. The Morgan fingerprint density at radius 2 is 2.13 bits per heavy atom. The van der Waals surface area contributed by atoms with E-state index in [0.717, 1.165) is 0 Å². The Labute approximate surface area is 86.7 Å². The van der Waals surface area contributed by atoms with E-state index in [4.69, 9.17) is 9.84 Å². The number of carboxylic acid groups (broad SMARTS) is 1. The summed E-state index contributed by atoms with van der Waals surface area (Å²) in [5.41, 5.74) is 0.713. The first kappa shape index (κ1) is 11.2. The van der Waals surface area contributed by atoms with Crippen molar-refractivity contribution in [1.29, 1.82) is 0 Å². The van der Waals surface area contributed by atoms with Crippen LogP contribution in [0.25, 0.3) is 0 Å². The lowest BCUT2D eigenvalue weighted by Crippen LogP contribution is -2.05. The van der Waals surface area contributed by atoms with Crippen LogP contribution in [-0.2, 0) is 11.2 Å². The number of Topliss-reactive ketones (excluding diaryl/α,β-unsaturated/α-hetero) is 1. The number of hydrogen-bond donors (Lipinski definition) is 1. The molecule has 1 aromatic heterocycles. The lowest BCUT2D eigenvalue weighted by molar-refractivity contribution is -0.136. The van der Waals surface area contributed by atoms with Crippen molar-refractivity contribution in [2.24, 2.45) is 0 Å². The van der Waals surface area contributed by atoms with Crippen LogP contribution in [0.5, 0.6) is 5.88 Å². The van der Waals surface area contributed by atoms with Crippen molar-refractivity contribution in [3.63, 3.8) is 0 Å². The first-order valence-electron chi connectivity index (χ1n) is 4.30. The van der Waals surface area contributed by atoms with Gasteiger partial charge >= 0.3 is 5.97 Å². The number of carboxylic acids is 1. The average Bonchev–Trinajstić information content (AvgIpc) is 2.16. The maximum atomic E-state index is 11.1. The Balaban J connectivity index is 3.11. The second kappa shape index (κ2) is 4.54. The molecule has 0 amide bonds. The maximum absolute atomic E-state index is 11.1. The molecule has 1 N–H and O–H groups in total. The fourth-order valence-corrected chi connectivity index (χ4v) is 1.12. The average molecular weight is 209 g/mol. The minimum absolute atomic E-state index is 0.154. The Morgan fingerprint density at radius 3 is 2.60 bits per heavy atom. The summed E-state index contributed by atoms with van der Waals surface area (Å²) in [7, 11) is 1.41. The van der Waals surface area contributed by atoms with Crippen LogP contribution in [0.2, 0.25) is 0 Å². The summed E-state index contributed by atoms with van der Waals surface area (Å²) >= 11 is 0. The molecule has 0 bridgehead atoms. The Morgan fingerprint density at radius 1 is 1.47 bits per heavy atom. The SMILES string of the molecule is COc1cc(CC(=O)O)cc(C(C)=O)n1. The largest absolute Gasteiger partial charge is 0.481 e. The lowest BCUT2D eigenvalue weighted by Gasteiger charge is -2.04. The molecule has 0 unspecified atom stereocenters. The molecule has 0 atom stereocenters. The second-order valence-corrected chi connectivity index (χ2v) is 3.03. The van der Waals surface area contributed by atoms with E-state index < -0.39 is 5.97 Å². The highest BCUT2D eigenvalue weighted by atomic mass is 16.5. The van der Waals surface area contributed by atoms with Crippen LogP contribution in [0.3, 0.4) is 0 Å². The highest BCUT2D eigenvalue weighted by Crippen LogP contribution is 2.13. The molecule has 5 heteroatoms. The molecule has 0 aliphatic rings. The first-order valence-corrected chi connectivity index (χ1v) is 4.30. The van der Waals surface area contributed by atoms with E-state index in [0.29, 0.717) is 5.56 Å². The molecule has 5 nitrogen and oxygen atoms in total. The summed E-state index contributed by atoms with van der Waals surface area (Å²) in [6, 6.07) is 2.96. The van der Waals surface area contributed by atoms with E-state index in [2.05, 4.69) is 4.98 Å². The van der Waals surface area contributed by atoms with E-state index in [1.54, 1.807) is 0 Å². The van der Waals surface area contributed by atoms with Crippen molar-refractivity contribution in [2.45, 2.75) is 13.3 Å². The molecule has 0 saturated heterocycles. The third-order valence-electron chi connectivity index (χ3n) is 1.79. The van der Waals surface area contributed by atoms with Crippen molar-refractivity contribution in [3.8, 4) is 5.88 Å². The van der Waals surface area contributed by atoms with Gasteiger partial charge in [-0.2, -0.15) is 0 Å². The molecule has 1 rings (SSSR count). The topological polar surface area (TPSA) is 76.5 Å². The summed E-state index contributed by atoms with van der Waals surface area (Å²) in [5, 5.41) is 8.61. The van der Waals surface area contributed by atoms with E-state index in [-0.39, 0.29) is 23.8 Å². The summed E-state index contributed by atoms with van der Waals surface area (Å²) in [6.45, 7) is 1.37. The van der Waals surface area contributed by atoms with Crippen molar-refractivity contribution < 1.29 is 19.4 Å². The standard InChI is InChI=1S/C10H11NO4/c1-6(12)8-3-7(5-10(13)14)4-9(11-8)15-2/h3-4H,5H2,1-2H3,(H,13,14). The minimum atomic E-state index is -0.960. The molecular formula is C10H11NO4. The fraction of sp³-hybridized carbons (Fsp3) is 0.300. The van der Waals surface area contributed by atoms with E-state index in [1.807, 2.05) is 0 Å². The van der Waals surface area contributed by atoms with Gasteiger partial charge in [-0.15, -0.1) is 0 Å². The number of pyridine rings is 1. The van der Waals surface area contributed by atoms with Gasteiger partial charge in [0.15, 0.2) is 5.78 Å².